The Morgan fingerprint density at radius 2 is 1.87 bits per heavy atom. The van der Waals surface area contributed by atoms with Crippen LogP contribution in [0.25, 0.3) is 11.1 Å². The van der Waals surface area contributed by atoms with Gasteiger partial charge in [-0.1, -0.05) is 54.6 Å². The van der Waals surface area contributed by atoms with E-state index in [1.165, 1.54) is 6.07 Å². The highest BCUT2D eigenvalue weighted by Gasteiger charge is 2.35. The molecule has 0 saturated carbocycles. The van der Waals surface area contributed by atoms with Gasteiger partial charge in [0.1, 0.15) is 6.61 Å². The van der Waals surface area contributed by atoms with E-state index >= 15 is 0 Å². The van der Waals surface area contributed by atoms with Gasteiger partial charge in [0, 0.05) is 12.6 Å². The van der Waals surface area contributed by atoms with Crippen LogP contribution in [0.2, 0.25) is 0 Å². The number of aliphatic hydroxyl groups excluding tert-OH is 2. The summed E-state index contributed by atoms with van der Waals surface area (Å²) in [5.41, 5.74) is 3.64. The van der Waals surface area contributed by atoms with Gasteiger partial charge in [0.2, 0.25) is 5.91 Å². The van der Waals surface area contributed by atoms with Crippen molar-refractivity contribution in [2.75, 3.05) is 19.8 Å². The summed E-state index contributed by atoms with van der Waals surface area (Å²) >= 11 is 0. The van der Waals surface area contributed by atoms with Crippen LogP contribution in [0.4, 0.5) is 5.69 Å². The molecule has 1 fully saturated rings. The molecule has 1 atom stereocenters. The molecule has 0 aliphatic carbocycles. The minimum Gasteiger partial charge on any atom is -0.482 e. The van der Waals surface area contributed by atoms with Gasteiger partial charge >= 0.3 is 5.69 Å². The highest BCUT2D eigenvalue weighted by atomic mass is 16.6. The summed E-state index contributed by atoms with van der Waals surface area (Å²) in [7, 11) is 0. The van der Waals surface area contributed by atoms with Gasteiger partial charge in [-0.15, -0.1) is 0 Å². The van der Waals surface area contributed by atoms with E-state index < -0.39 is 16.5 Å². The first-order chi connectivity index (χ1) is 18.7. The van der Waals surface area contributed by atoms with Crippen LogP contribution in [-0.4, -0.2) is 57.3 Å². The van der Waals surface area contributed by atoms with Crippen molar-refractivity contribution >= 4 is 11.6 Å². The molecule has 3 aromatic rings. The van der Waals surface area contributed by atoms with E-state index in [2.05, 4.69) is 5.32 Å². The molecule has 9 nitrogen and oxygen atoms in total. The molecule has 4 rings (SSSR count). The molecule has 0 aromatic heterocycles. The van der Waals surface area contributed by atoms with E-state index in [-0.39, 0.29) is 37.2 Å². The van der Waals surface area contributed by atoms with Gasteiger partial charge in [0.05, 0.1) is 29.7 Å². The maximum Gasteiger partial charge on any atom is 0.311 e. The molecule has 3 N–H and O–H groups in total. The minimum absolute atomic E-state index is 0.127. The second kappa shape index (κ2) is 12.4. The first kappa shape index (κ1) is 28.2. The summed E-state index contributed by atoms with van der Waals surface area (Å²) in [6, 6.07) is 20.4. The Balaban J connectivity index is 1.47. The zero-order chi connectivity index (χ0) is 28.0. The molecule has 0 radical (unpaired) electrons. The Morgan fingerprint density at radius 1 is 1.13 bits per heavy atom. The third kappa shape index (κ3) is 6.62. The topological polar surface area (TPSA) is 125 Å². The normalized spacial score (nSPS) is 15.7. The van der Waals surface area contributed by atoms with Crippen molar-refractivity contribution in [1.29, 1.82) is 0 Å². The number of hydrogen-bond donors (Lipinski definition) is 3. The predicted molar refractivity (Wildman–Crippen MR) is 148 cm³/mol. The lowest BCUT2D eigenvalue weighted by molar-refractivity contribution is -0.386. The Labute approximate surface area is 228 Å². The average Bonchev–Trinajstić information content (AvgIpc) is 3.41. The summed E-state index contributed by atoms with van der Waals surface area (Å²) in [6.45, 7) is 4.03. The summed E-state index contributed by atoms with van der Waals surface area (Å²) in [5.74, 6) is -0.0914. The molecule has 0 spiro atoms. The molecule has 0 unspecified atom stereocenters. The monoisotopic (exact) mass is 533 g/mol. The van der Waals surface area contributed by atoms with Gasteiger partial charge in [-0.05, 0) is 67.1 Å². The number of nitrogens with one attached hydrogen (secondary N) is 1. The number of hydrogen-bond acceptors (Lipinski definition) is 7. The first-order valence-electron chi connectivity index (χ1n) is 13.1. The highest BCUT2D eigenvalue weighted by molar-refractivity contribution is 5.82. The Morgan fingerprint density at radius 3 is 2.56 bits per heavy atom. The number of ether oxygens (including phenoxy) is 1. The van der Waals surface area contributed by atoms with E-state index in [9.17, 15) is 25.1 Å². The third-order valence-corrected chi connectivity index (χ3v) is 7.31. The standard InChI is InChI=1S/C30H35N3O6/c1-21-24(10-6-11-25(21)23-8-4-3-5-9-23)18-39-28-14-13-22(16-27(28)33(37)38)17-32-15-7-12-26(32)29(36)31-30(2,19-34)20-35/h3-6,8-11,13-14,16,26,34-35H,7,12,15,17-20H2,1-2H3,(H,31,36)/t26-/m0/s1. The van der Waals surface area contributed by atoms with Gasteiger partial charge in [-0.3, -0.25) is 19.8 Å². The molecule has 1 saturated heterocycles. The van der Waals surface area contributed by atoms with Gasteiger partial charge < -0.3 is 20.3 Å². The zero-order valence-electron chi connectivity index (χ0n) is 22.3. The second-order valence-electron chi connectivity index (χ2n) is 10.3. The van der Waals surface area contributed by atoms with Crippen LogP contribution in [0.1, 0.15) is 36.5 Å². The molecule has 206 valence electrons. The van der Waals surface area contributed by atoms with Gasteiger partial charge in [-0.25, -0.2) is 0 Å². The average molecular weight is 534 g/mol. The Kier molecular flexibility index (Phi) is 8.96. The summed E-state index contributed by atoms with van der Waals surface area (Å²) in [6.07, 6.45) is 1.43. The van der Waals surface area contributed by atoms with Gasteiger partial charge in [-0.2, -0.15) is 0 Å². The number of nitrogens with zero attached hydrogens (tertiary/aromatic N) is 2. The highest BCUT2D eigenvalue weighted by Crippen LogP contribution is 2.32. The first-order valence-corrected chi connectivity index (χ1v) is 13.1. The van der Waals surface area contributed by atoms with Crippen molar-refractivity contribution in [2.24, 2.45) is 0 Å². The van der Waals surface area contributed by atoms with Gasteiger partial charge in [0.25, 0.3) is 0 Å². The van der Waals surface area contributed by atoms with Crippen LogP contribution in [0, 0.1) is 17.0 Å². The molecule has 1 heterocycles. The van der Waals surface area contributed by atoms with Crippen molar-refractivity contribution in [1.82, 2.24) is 10.2 Å². The molecular formula is C30H35N3O6. The fourth-order valence-electron chi connectivity index (χ4n) is 4.91. The largest absolute Gasteiger partial charge is 0.482 e. The summed E-state index contributed by atoms with van der Waals surface area (Å²) < 4.78 is 5.95. The molecule has 1 aliphatic heterocycles. The molecule has 9 heteroatoms. The maximum atomic E-state index is 12.9. The van der Waals surface area contributed by atoms with Crippen LogP contribution >= 0.6 is 0 Å². The van der Waals surface area contributed by atoms with Crippen molar-refractivity contribution in [3.8, 4) is 16.9 Å². The smallest absolute Gasteiger partial charge is 0.311 e. The molecule has 1 amide bonds. The molecule has 1 aliphatic rings. The molecule has 3 aromatic carbocycles. The number of amides is 1. The lowest BCUT2D eigenvalue weighted by Gasteiger charge is -2.30. The van der Waals surface area contributed by atoms with Crippen molar-refractivity contribution in [3.63, 3.8) is 0 Å². The number of nitro groups is 1. The number of likely N-dealkylation sites (tertiary alicyclic amines) is 1. The van der Waals surface area contributed by atoms with Gasteiger partial charge in [0.15, 0.2) is 5.75 Å². The summed E-state index contributed by atoms with van der Waals surface area (Å²) in [4.78, 5) is 26.3. The lowest BCUT2D eigenvalue weighted by Crippen LogP contribution is -2.56. The fraction of sp³-hybridized carbons (Fsp3) is 0.367. The van der Waals surface area contributed by atoms with E-state index in [0.717, 1.165) is 28.7 Å². The summed E-state index contributed by atoms with van der Waals surface area (Å²) in [5, 5.41) is 33.7. The van der Waals surface area contributed by atoms with Crippen LogP contribution in [0.15, 0.2) is 66.7 Å². The van der Waals surface area contributed by atoms with Crippen LogP contribution in [0.3, 0.4) is 0 Å². The number of aliphatic hydroxyl groups is 2. The zero-order valence-corrected chi connectivity index (χ0v) is 22.3. The Hall–Kier alpha value is -3.79. The predicted octanol–water partition coefficient (Wildman–Crippen LogP) is 3.97. The van der Waals surface area contributed by atoms with Crippen LogP contribution in [-0.2, 0) is 17.9 Å². The number of nitro benzene ring substituents is 1. The molecular weight excluding hydrogens is 498 g/mol. The van der Waals surface area contributed by atoms with Crippen molar-refractivity contribution < 1.29 is 24.7 Å². The van der Waals surface area contributed by atoms with Crippen molar-refractivity contribution in [3.05, 3.63) is 93.5 Å². The number of carbonyl (C=O) groups excluding carboxylic acids is 1. The van der Waals surface area contributed by atoms with Crippen LogP contribution in [0.5, 0.6) is 5.75 Å². The van der Waals surface area contributed by atoms with E-state index in [0.29, 0.717) is 25.1 Å². The van der Waals surface area contributed by atoms with E-state index in [4.69, 9.17) is 4.74 Å². The third-order valence-electron chi connectivity index (χ3n) is 7.31. The van der Waals surface area contributed by atoms with Crippen molar-refractivity contribution in [2.45, 2.75) is 51.4 Å². The van der Waals surface area contributed by atoms with E-state index in [1.54, 1.807) is 19.1 Å². The molecule has 0 bridgehead atoms. The second-order valence-corrected chi connectivity index (χ2v) is 10.3. The Bertz CT molecular complexity index is 1310. The number of carbonyl (C=O) groups is 1. The minimum atomic E-state index is -1.11. The maximum absolute atomic E-state index is 12.9. The van der Waals surface area contributed by atoms with Crippen LogP contribution < -0.4 is 10.1 Å². The number of benzene rings is 3. The molecule has 39 heavy (non-hydrogen) atoms. The lowest BCUT2D eigenvalue weighted by atomic mass is 9.97. The quantitative estimate of drug-likeness (QED) is 0.252. The SMILES string of the molecule is Cc1c(COc2ccc(CN3CCC[C@H]3C(=O)NC(C)(CO)CO)cc2[N+](=O)[O-])cccc1-c1ccccc1. The number of rotatable bonds is 11. The van der Waals surface area contributed by atoms with E-state index in [1.807, 2.05) is 60.4 Å². The fourth-order valence-corrected chi connectivity index (χ4v) is 4.91.